The van der Waals surface area contributed by atoms with Gasteiger partial charge in [0.1, 0.15) is 12.6 Å². The quantitative estimate of drug-likeness (QED) is 0.275. The highest BCUT2D eigenvalue weighted by atomic mass is 79.9. The molecule has 0 spiro atoms. The highest BCUT2D eigenvalue weighted by Gasteiger charge is 2.34. The van der Waals surface area contributed by atoms with Crippen LogP contribution in [0.5, 0.6) is 0 Å². The van der Waals surface area contributed by atoms with E-state index in [2.05, 4.69) is 21.2 Å². The molecule has 2 amide bonds. The summed E-state index contributed by atoms with van der Waals surface area (Å²) in [6.07, 6.45) is 6.40. The molecule has 3 aromatic carbocycles. The van der Waals surface area contributed by atoms with Gasteiger partial charge in [0.25, 0.3) is 0 Å². The van der Waals surface area contributed by atoms with E-state index in [0.29, 0.717) is 10.7 Å². The predicted molar refractivity (Wildman–Crippen MR) is 167 cm³/mol. The number of sulfonamides is 1. The average molecular weight is 661 g/mol. The van der Waals surface area contributed by atoms with Crippen LogP contribution in [0.25, 0.3) is 0 Å². The summed E-state index contributed by atoms with van der Waals surface area (Å²) in [5.41, 5.74) is 2.00. The van der Waals surface area contributed by atoms with Crippen LogP contribution in [0.2, 0.25) is 5.02 Å². The molecular formula is C31H35BrClN3O4S. The molecule has 0 radical (unpaired) electrons. The molecule has 7 nitrogen and oxygen atoms in total. The minimum Gasteiger partial charge on any atom is -0.352 e. The largest absolute Gasteiger partial charge is 0.352 e. The van der Waals surface area contributed by atoms with E-state index in [1.54, 1.807) is 42.5 Å². The van der Waals surface area contributed by atoms with Crippen molar-refractivity contribution in [3.63, 3.8) is 0 Å². The monoisotopic (exact) mass is 659 g/mol. The maximum atomic E-state index is 14.2. The summed E-state index contributed by atoms with van der Waals surface area (Å²) < 4.78 is 27.6. The Morgan fingerprint density at radius 3 is 2.24 bits per heavy atom. The van der Waals surface area contributed by atoms with E-state index in [4.69, 9.17) is 11.6 Å². The van der Waals surface area contributed by atoms with Gasteiger partial charge in [-0.3, -0.25) is 13.9 Å². The Morgan fingerprint density at radius 2 is 1.61 bits per heavy atom. The van der Waals surface area contributed by atoms with Crippen LogP contribution in [0.1, 0.15) is 43.2 Å². The Morgan fingerprint density at radius 1 is 0.951 bits per heavy atom. The number of benzene rings is 3. The first-order valence-corrected chi connectivity index (χ1v) is 16.7. The summed E-state index contributed by atoms with van der Waals surface area (Å²) in [5, 5.41) is 3.71. The normalized spacial score (nSPS) is 14.7. The van der Waals surface area contributed by atoms with Gasteiger partial charge in [0.2, 0.25) is 21.8 Å². The Kier molecular flexibility index (Phi) is 10.9. The van der Waals surface area contributed by atoms with Crippen LogP contribution in [-0.2, 0) is 32.6 Å². The van der Waals surface area contributed by atoms with E-state index < -0.39 is 28.5 Å². The minimum absolute atomic E-state index is 0.0490. The zero-order valence-electron chi connectivity index (χ0n) is 23.0. The third-order valence-corrected chi connectivity index (χ3v) is 9.16. The molecule has 0 aromatic heterocycles. The van der Waals surface area contributed by atoms with Gasteiger partial charge < -0.3 is 10.2 Å². The summed E-state index contributed by atoms with van der Waals surface area (Å²) in [5.74, 6) is -0.733. The Hall–Kier alpha value is -2.88. The van der Waals surface area contributed by atoms with Crippen LogP contribution in [-0.4, -0.2) is 50.0 Å². The molecule has 10 heteroatoms. The van der Waals surface area contributed by atoms with Crippen molar-refractivity contribution in [3.8, 4) is 0 Å². The number of rotatable bonds is 11. The molecule has 0 aliphatic heterocycles. The lowest BCUT2D eigenvalue weighted by molar-refractivity contribution is -0.140. The van der Waals surface area contributed by atoms with Crippen LogP contribution in [0, 0.1) is 0 Å². The van der Waals surface area contributed by atoms with Crippen molar-refractivity contribution < 1.29 is 18.0 Å². The molecule has 1 aliphatic carbocycles. The van der Waals surface area contributed by atoms with Crippen molar-refractivity contribution in [2.75, 3.05) is 17.1 Å². The number of carbonyl (C=O) groups excluding carboxylic acids is 2. The van der Waals surface area contributed by atoms with Gasteiger partial charge in [-0.2, -0.15) is 0 Å². The van der Waals surface area contributed by atoms with E-state index in [-0.39, 0.29) is 24.9 Å². The maximum absolute atomic E-state index is 14.2. The van der Waals surface area contributed by atoms with Gasteiger partial charge in [-0.25, -0.2) is 8.42 Å². The fraction of sp³-hybridized carbons (Fsp3) is 0.355. The minimum atomic E-state index is -3.82. The zero-order chi connectivity index (χ0) is 29.4. The molecule has 0 unspecified atom stereocenters. The Labute approximate surface area is 256 Å². The van der Waals surface area contributed by atoms with Gasteiger partial charge >= 0.3 is 0 Å². The van der Waals surface area contributed by atoms with E-state index in [0.717, 1.165) is 58.3 Å². The molecule has 1 fully saturated rings. The molecule has 1 N–H and O–H groups in total. The van der Waals surface area contributed by atoms with Crippen molar-refractivity contribution in [3.05, 3.63) is 99.5 Å². The number of carbonyl (C=O) groups is 2. The van der Waals surface area contributed by atoms with Crippen molar-refractivity contribution >= 4 is 55.1 Å². The summed E-state index contributed by atoms with van der Waals surface area (Å²) >= 11 is 9.64. The first-order chi connectivity index (χ1) is 19.6. The third kappa shape index (κ3) is 9.05. The van der Waals surface area contributed by atoms with Crippen molar-refractivity contribution in [1.82, 2.24) is 10.2 Å². The van der Waals surface area contributed by atoms with Crippen LogP contribution in [0.3, 0.4) is 0 Å². The Balaban J connectivity index is 1.71. The second-order valence-corrected chi connectivity index (χ2v) is 13.7. The van der Waals surface area contributed by atoms with Crippen LogP contribution >= 0.6 is 27.5 Å². The molecule has 1 aliphatic rings. The molecule has 0 heterocycles. The van der Waals surface area contributed by atoms with Gasteiger partial charge in [-0.1, -0.05) is 89.3 Å². The molecule has 0 bridgehead atoms. The zero-order valence-corrected chi connectivity index (χ0v) is 26.2. The van der Waals surface area contributed by atoms with Gasteiger partial charge in [-0.15, -0.1) is 0 Å². The second-order valence-electron chi connectivity index (χ2n) is 10.4. The maximum Gasteiger partial charge on any atom is 0.244 e. The third-order valence-electron chi connectivity index (χ3n) is 7.26. The number of nitrogens with one attached hydrogen (secondary N) is 1. The van der Waals surface area contributed by atoms with Gasteiger partial charge in [0, 0.05) is 28.5 Å². The summed E-state index contributed by atoms with van der Waals surface area (Å²) in [4.78, 5) is 29.6. The molecule has 41 heavy (non-hydrogen) atoms. The highest BCUT2D eigenvalue weighted by molar-refractivity contribution is 9.10. The van der Waals surface area contributed by atoms with E-state index in [1.165, 1.54) is 4.90 Å². The summed E-state index contributed by atoms with van der Waals surface area (Å²) in [7, 11) is -3.82. The van der Waals surface area contributed by atoms with Crippen molar-refractivity contribution in [1.29, 1.82) is 0 Å². The first-order valence-electron chi connectivity index (χ1n) is 13.7. The smallest absolute Gasteiger partial charge is 0.244 e. The lowest BCUT2D eigenvalue weighted by atomic mass is 9.94. The standard InChI is InChI=1S/C31H35BrClN3O4S/c1-41(39,40)36(28-17-15-25(32)16-18-28)22-30(37)35(21-24-11-8-12-26(33)19-24)29(20-23-9-4-2-5-10-23)31(38)34-27-13-6-3-7-14-27/h2,4-5,8-12,15-19,27,29H,3,6-7,13-14,20-22H2,1H3,(H,34,38)/t29-/m0/s1. The lowest BCUT2D eigenvalue weighted by Gasteiger charge is -2.35. The molecule has 4 rings (SSSR count). The predicted octanol–water partition coefficient (Wildman–Crippen LogP) is 5.96. The van der Waals surface area contributed by atoms with Crippen molar-refractivity contribution in [2.24, 2.45) is 0 Å². The molecule has 1 saturated carbocycles. The number of anilines is 1. The van der Waals surface area contributed by atoms with E-state index in [1.807, 2.05) is 36.4 Å². The van der Waals surface area contributed by atoms with Gasteiger partial charge in [0.05, 0.1) is 11.9 Å². The number of nitrogens with zero attached hydrogens (tertiary/aromatic N) is 2. The highest BCUT2D eigenvalue weighted by Crippen LogP contribution is 2.24. The van der Waals surface area contributed by atoms with Crippen LogP contribution < -0.4 is 9.62 Å². The van der Waals surface area contributed by atoms with E-state index >= 15 is 0 Å². The van der Waals surface area contributed by atoms with Crippen LogP contribution in [0.15, 0.2) is 83.3 Å². The lowest BCUT2D eigenvalue weighted by Crippen LogP contribution is -2.55. The van der Waals surface area contributed by atoms with Gasteiger partial charge in [-0.05, 0) is 60.4 Å². The SMILES string of the molecule is CS(=O)(=O)N(CC(=O)N(Cc1cccc(Cl)c1)[C@@H](Cc1ccccc1)C(=O)NC1CCCCC1)c1ccc(Br)cc1. The first kappa shape index (κ1) is 31.1. The number of hydrogen-bond acceptors (Lipinski definition) is 4. The van der Waals surface area contributed by atoms with Gasteiger partial charge in [0.15, 0.2) is 0 Å². The topological polar surface area (TPSA) is 86.8 Å². The molecule has 1 atom stereocenters. The Bertz CT molecular complexity index is 1430. The average Bonchev–Trinajstić information content (AvgIpc) is 2.94. The van der Waals surface area contributed by atoms with E-state index in [9.17, 15) is 18.0 Å². The molecule has 218 valence electrons. The fourth-order valence-corrected chi connectivity index (χ4v) is 6.48. The second kappa shape index (κ2) is 14.3. The van der Waals surface area contributed by atoms with Crippen LogP contribution in [0.4, 0.5) is 5.69 Å². The fourth-order valence-electron chi connectivity index (χ4n) is 5.15. The number of halogens is 2. The molecule has 3 aromatic rings. The number of hydrogen-bond donors (Lipinski definition) is 1. The summed E-state index contributed by atoms with van der Waals surface area (Å²) in [6, 6.07) is 22.6. The summed E-state index contributed by atoms with van der Waals surface area (Å²) in [6.45, 7) is -0.365. The van der Waals surface area contributed by atoms with Crippen molar-refractivity contribution in [2.45, 2.75) is 57.2 Å². The molecular weight excluding hydrogens is 626 g/mol. The number of amides is 2. The molecule has 0 saturated heterocycles.